The molecule has 0 heterocycles. The topological polar surface area (TPSA) is 0 Å². The Kier molecular flexibility index (Phi) is 7.30. The van der Waals surface area contributed by atoms with Crippen molar-refractivity contribution < 1.29 is 0 Å². The molecule has 8 rings (SSSR count). The van der Waals surface area contributed by atoms with Crippen LogP contribution in [0.2, 0.25) is 0 Å². The fourth-order valence-electron chi connectivity index (χ4n) is 6.73. The summed E-state index contributed by atoms with van der Waals surface area (Å²) in [6.45, 7) is 0. The number of hydrogen-bond acceptors (Lipinski definition) is 0. The smallest absolute Gasteiger partial charge is 0.00259 e. The number of benzene rings is 7. The SMILES string of the molecule is c1ccc(-c2cc(-c3ccccc3)cc(-c3c4ccccc4c(-c4ccccccc5ccccc5c4)c4ccccc34)c2)cc1. The van der Waals surface area contributed by atoms with Crippen molar-refractivity contribution in [3.05, 3.63) is 194 Å². The van der Waals surface area contributed by atoms with Crippen LogP contribution < -0.4 is 0 Å². The summed E-state index contributed by atoms with van der Waals surface area (Å²) < 4.78 is 0. The second-order valence-corrected chi connectivity index (χ2v) is 11.7. The lowest BCUT2D eigenvalue weighted by atomic mass is 9.84. The molecule has 0 unspecified atom stereocenters. The van der Waals surface area contributed by atoms with Gasteiger partial charge in [-0.25, -0.2) is 0 Å². The first-order chi connectivity index (χ1) is 22.8. The predicted molar refractivity (Wildman–Crippen MR) is 198 cm³/mol. The molecule has 0 bridgehead atoms. The molecule has 0 aliphatic heterocycles. The van der Waals surface area contributed by atoms with Crippen molar-refractivity contribution in [2.75, 3.05) is 0 Å². The van der Waals surface area contributed by atoms with Gasteiger partial charge in [0, 0.05) is 0 Å². The summed E-state index contributed by atoms with van der Waals surface area (Å²) in [7, 11) is 0. The monoisotopic (exact) mass is 584 g/mol. The minimum absolute atomic E-state index is 1.19. The second kappa shape index (κ2) is 12.2. The average Bonchev–Trinajstić information content (AvgIpc) is 3.13. The number of rotatable bonds is 4. The van der Waals surface area contributed by atoms with Gasteiger partial charge < -0.3 is 0 Å². The largest absolute Gasteiger partial charge is 0.0622 e. The highest BCUT2D eigenvalue weighted by molar-refractivity contribution is 6.21. The molecule has 0 aliphatic rings. The summed E-state index contributed by atoms with van der Waals surface area (Å²) in [5, 5.41) is 7.39. The minimum Gasteiger partial charge on any atom is -0.0622 e. The van der Waals surface area contributed by atoms with Gasteiger partial charge in [-0.1, -0.05) is 170 Å². The van der Waals surface area contributed by atoms with Crippen molar-refractivity contribution in [1.29, 1.82) is 0 Å². The average molecular weight is 585 g/mol. The normalized spacial score (nSPS) is 11.0. The molecule has 0 N–H and O–H groups in total. The molecule has 0 nitrogen and oxygen atoms in total. The van der Waals surface area contributed by atoms with E-state index in [1.54, 1.807) is 0 Å². The maximum Gasteiger partial charge on any atom is -0.00259 e. The third-order valence-electron chi connectivity index (χ3n) is 8.85. The van der Waals surface area contributed by atoms with Crippen LogP contribution in [-0.4, -0.2) is 0 Å². The van der Waals surface area contributed by atoms with Crippen molar-refractivity contribution in [1.82, 2.24) is 0 Å². The van der Waals surface area contributed by atoms with Crippen LogP contribution in [0.4, 0.5) is 0 Å². The molecule has 0 amide bonds. The van der Waals surface area contributed by atoms with Crippen LogP contribution in [0.5, 0.6) is 0 Å². The molecule has 0 radical (unpaired) electrons. The molecular weight excluding hydrogens is 553 g/mol. The summed E-state index contributed by atoms with van der Waals surface area (Å²) in [5.74, 6) is 0. The van der Waals surface area contributed by atoms with Gasteiger partial charge in [-0.3, -0.25) is 0 Å². The van der Waals surface area contributed by atoms with Crippen LogP contribution in [0, 0.1) is 0 Å². The quantitative estimate of drug-likeness (QED) is 0.181. The maximum atomic E-state index is 2.37. The summed E-state index contributed by atoms with van der Waals surface area (Å²) >= 11 is 0. The number of fused-ring (bicyclic) bond motifs is 3. The van der Waals surface area contributed by atoms with Crippen LogP contribution in [0.15, 0.2) is 194 Å². The van der Waals surface area contributed by atoms with Crippen molar-refractivity contribution in [3.63, 3.8) is 0 Å². The van der Waals surface area contributed by atoms with E-state index in [0.29, 0.717) is 0 Å². The van der Waals surface area contributed by atoms with Gasteiger partial charge in [0.25, 0.3) is 0 Å². The van der Waals surface area contributed by atoms with Crippen molar-refractivity contribution in [3.8, 4) is 44.5 Å². The zero-order chi connectivity index (χ0) is 30.7. The van der Waals surface area contributed by atoms with Crippen molar-refractivity contribution in [2.45, 2.75) is 0 Å². The van der Waals surface area contributed by atoms with E-state index in [0.717, 1.165) is 0 Å². The molecule has 46 heavy (non-hydrogen) atoms. The highest BCUT2D eigenvalue weighted by atomic mass is 14.2. The zero-order valence-electron chi connectivity index (χ0n) is 25.5. The number of hydrogen-bond donors (Lipinski definition) is 0. The van der Waals surface area contributed by atoms with Gasteiger partial charge >= 0.3 is 0 Å². The molecule has 216 valence electrons. The molecule has 0 heteroatoms. The molecule has 8 aromatic carbocycles. The van der Waals surface area contributed by atoms with Crippen LogP contribution in [-0.2, 0) is 0 Å². The van der Waals surface area contributed by atoms with Crippen LogP contribution in [0.1, 0.15) is 0 Å². The molecule has 0 saturated carbocycles. The third-order valence-corrected chi connectivity index (χ3v) is 8.85. The van der Waals surface area contributed by atoms with Gasteiger partial charge in [0.2, 0.25) is 0 Å². The van der Waals surface area contributed by atoms with Crippen molar-refractivity contribution in [2.24, 2.45) is 0 Å². The van der Waals surface area contributed by atoms with Crippen LogP contribution in [0.3, 0.4) is 0 Å². The van der Waals surface area contributed by atoms with Crippen LogP contribution in [0.25, 0.3) is 76.8 Å². The lowest BCUT2D eigenvalue weighted by Gasteiger charge is -2.19. The highest BCUT2D eigenvalue weighted by Gasteiger charge is 2.18. The molecule has 0 saturated heterocycles. The summed E-state index contributed by atoms with van der Waals surface area (Å²) in [5.41, 5.74) is 9.77. The first-order valence-corrected chi connectivity index (χ1v) is 15.9. The molecule has 8 aromatic rings. The Morgan fingerprint density at radius 3 is 1.02 bits per heavy atom. The van der Waals surface area contributed by atoms with E-state index in [1.165, 1.54) is 76.8 Å². The Morgan fingerprint density at radius 2 is 0.522 bits per heavy atom. The second-order valence-electron chi connectivity index (χ2n) is 11.7. The fourth-order valence-corrected chi connectivity index (χ4v) is 6.73. The molecule has 0 aromatic heterocycles. The van der Waals surface area contributed by atoms with E-state index in [9.17, 15) is 0 Å². The van der Waals surface area contributed by atoms with Gasteiger partial charge in [-0.15, -0.1) is 0 Å². The van der Waals surface area contributed by atoms with E-state index in [2.05, 4.69) is 194 Å². The zero-order valence-corrected chi connectivity index (χ0v) is 25.5. The Balaban J connectivity index is 1.48. The van der Waals surface area contributed by atoms with E-state index >= 15 is 0 Å². The van der Waals surface area contributed by atoms with Gasteiger partial charge in [0.15, 0.2) is 0 Å². The molecule has 0 fully saturated rings. The lowest BCUT2D eigenvalue weighted by molar-refractivity contribution is 1.58. The summed E-state index contributed by atoms with van der Waals surface area (Å²) in [6.07, 6.45) is 0. The Hall–Kier alpha value is -5.98. The Labute approximate surface area is 270 Å². The minimum atomic E-state index is 1.19. The Morgan fingerprint density at radius 1 is 0.196 bits per heavy atom. The van der Waals surface area contributed by atoms with Crippen LogP contribution >= 0.6 is 0 Å². The van der Waals surface area contributed by atoms with Gasteiger partial charge in [0.1, 0.15) is 0 Å². The van der Waals surface area contributed by atoms with Gasteiger partial charge in [-0.05, 0) is 101 Å². The standard InChI is InChI=1S/C46H32/c1-2-6-24-37(29-36-23-12-11-22-33(36)17-5-1)45-41-25-13-15-27-43(41)46(44-28-16-14-26-42(44)45)40-31-38(34-18-7-3-8-19-34)30-39(32-40)35-20-9-4-10-21-35/h1-32H. The van der Waals surface area contributed by atoms with Gasteiger partial charge in [0.05, 0.1) is 0 Å². The molecule has 0 atom stereocenters. The summed E-state index contributed by atoms with van der Waals surface area (Å²) in [4.78, 5) is 0. The van der Waals surface area contributed by atoms with Crippen molar-refractivity contribution >= 4 is 32.3 Å². The molecule has 0 spiro atoms. The fraction of sp³-hybridized carbons (Fsp3) is 0. The van der Waals surface area contributed by atoms with E-state index in [-0.39, 0.29) is 0 Å². The first kappa shape index (κ1) is 27.6. The highest BCUT2D eigenvalue weighted by Crippen LogP contribution is 2.45. The predicted octanol–water partition coefficient (Wildman–Crippen LogP) is 12.9. The van der Waals surface area contributed by atoms with E-state index < -0.39 is 0 Å². The maximum absolute atomic E-state index is 2.37. The third kappa shape index (κ3) is 5.21. The van der Waals surface area contributed by atoms with E-state index in [4.69, 9.17) is 0 Å². The summed E-state index contributed by atoms with van der Waals surface area (Å²) in [6, 6.07) is 70.2. The lowest BCUT2D eigenvalue weighted by Crippen LogP contribution is -1.92. The van der Waals surface area contributed by atoms with E-state index in [1.807, 2.05) is 0 Å². The Bertz CT molecular complexity index is 2290. The van der Waals surface area contributed by atoms with Gasteiger partial charge in [-0.2, -0.15) is 0 Å². The molecular formula is C46H32. The molecule has 0 aliphatic carbocycles. The first-order valence-electron chi connectivity index (χ1n) is 15.9.